The highest BCUT2D eigenvalue weighted by Crippen LogP contribution is 2.20. The van der Waals surface area contributed by atoms with Gasteiger partial charge in [-0.3, -0.25) is 4.90 Å². The molecule has 1 N–H and O–H groups in total. The van der Waals surface area contributed by atoms with E-state index >= 15 is 0 Å². The van der Waals surface area contributed by atoms with Crippen molar-refractivity contribution in [1.29, 1.82) is 0 Å². The summed E-state index contributed by atoms with van der Waals surface area (Å²) in [7, 11) is 0. The smallest absolute Gasteiger partial charge is 0.0594 e. The molecule has 17 heavy (non-hydrogen) atoms. The Kier molecular flexibility index (Phi) is 4.80. The molecule has 0 spiro atoms. The normalized spacial score (nSPS) is 17.3. The molecule has 0 aliphatic carbocycles. The molecule has 0 aromatic heterocycles. The van der Waals surface area contributed by atoms with Gasteiger partial charge in [0.1, 0.15) is 0 Å². The van der Waals surface area contributed by atoms with Crippen LogP contribution in [-0.2, 0) is 17.7 Å². The summed E-state index contributed by atoms with van der Waals surface area (Å²) in [4.78, 5) is 2.34. The Morgan fingerprint density at radius 2 is 2.06 bits per heavy atom. The molecule has 94 valence electrons. The number of hydrogen-bond donors (Lipinski definition) is 1. The fourth-order valence-corrected chi connectivity index (χ4v) is 2.27. The lowest BCUT2D eigenvalue weighted by Crippen LogP contribution is -2.35. The predicted molar refractivity (Wildman–Crippen MR) is 68.3 cm³/mol. The average molecular weight is 256 g/mol. The van der Waals surface area contributed by atoms with Crippen LogP contribution in [0.15, 0.2) is 18.2 Å². The molecule has 1 aliphatic heterocycles. The molecule has 0 amide bonds. The van der Waals surface area contributed by atoms with Gasteiger partial charge in [0, 0.05) is 31.3 Å². The lowest BCUT2D eigenvalue weighted by atomic mass is 10.1. The van der Waals surface area contributed by atoms with Crippen LogP contribution >= 0.6 is 11.6 Å². The predicted octanol–water partition coefficient (Wildman–Crippen LogP) is 1.71. The topological polar surface area (TPSA) is 32.7 Å². The Morgan fingerprint density at radius 1 is 1.29 bits per heavy atom. The monoisotopic (exact) mass is 255 g/mol. The number of rotatable bonds is 4. The summed E-state index contributed by atoms with van der Waals surface area (Å²) in [5, 5.41) is 9.67. The minimum absolute atomic E-state index is 0.166. The second-order valence-corrected chi connectivity index (χ2v) is 4.70. The maximum atomic E-state index is 8.88. The molecule has 0 radical (unpaired) electrons. The summed E-state index contributed by atoms with van der Waals surface area (Å²) in [6.07, 6.45) is 0.664. The van der Waals surface area contributed by atoms with E-state index in [1.54, 1.807) is 0 Å². The fraction of sp³-hybridized carbons (Fsp3) is 0.538. The van der Waals surface area contributed by atoms with Crippen molar-refractivity contribution in [3.05, 3.63) is 34.3 Å². The highest BCUT2D eigenvalue weighted by molar-refractivity contribution is 6.31. The van der Waals surface area contributed by atoms with E-state index in [4.69, 9.17) is 21.4 Å². The Labute approximate surface area is 107 Å². The van der Waals surface area contributed by atoms with Crippen LogP contribution in [0.4, 0.5) is 0 Å². The zero-order valence-electron chi connectivity index (χ0n) is 9.86. The summed E-state index contributed by atoms with van der Waals surface area (Å²) in [5.41, 5.74) is 2.23. The van der Waals surface area contributed by atoms with E-state index in [0.717, 1.165) is 49.0 Å². The van der Waals surface area contributed by atoms with Crippen molar-refractivity contribution in [1.82, 2.24) is 4.90 Å². The van der Waals surface area contributed by atoms with Gasteiger partial charge in [-0.15, -0.1) is 0 Å². The van der Waals surface area contributed by atoms with Crippen LogP contribution in [0.5, 0.6) is 0 Å². The van der Waals surface area contributed by atoms with Gasteiger partial charge < -0.3 is 9.84 Å². The minimum Gasteiger partial charge on any atom is -0.396 e. The molecular weight excluding hydrogens is 238 g/mol. The number of benzene rings is 1. The number of aliphatic hydroxyl groups excluding tert-OH is 1. The summed E-state index contributed by atoms with van der Waals surface area (Å²) >= 11 is 6.24. The van der Waals surface area contributed by atoms with E-state index in [9.17, 15) is 0 Å². The summed E-state index contributed by atoms with van der Waals surface area (Å²) in [5.74, 6) is 0. The number of halogens is 1. The summed E-state index contributed by atoms with van der Waals surface area (Å²) in [6.45, 7) is 4.59. The minimum atomic E-state index is 0.166. The second-order valence-electron chi connectivity index (χ2n) is 4.29. The van der Waals surface area contributed by atoms with E-state index < -0.39 is 0 Å². The van der Waals surface area contributed by atoms with E-state index in [0.29, 0.717) is 6.42 Å². The first kappa shape index (κ1) is 12.8. The van der Waals surface area contributed by atoms with Gasteiger partial charge in [0.2, 0.25) is 0 Å². The molecule has 1 fully saturated rings. The quantitative estimate of drug-likeness (QED) is 0.889. The van der Waals surface area contributed by atoms with Gasteiger partial charge in [-0.05, 0) is 23.6 Å². The Morgan fingerprint density at radius 3 is 2.71 bits per heavy atom. The van der Waals surface area contributed by atoms with E-state index in [1.807, 2.05) is 12.1 Å². The van der Waals surface area contributed by atoms with Crippen molar-refractivity contribution in [2.24, 2.45) is 0 Å². The molecule has 0 bridgehead atoms. The average Bonchev–Trinajstić information content (AvgIpc) is 2.34. The summed E-state index contributed by atoms with van der Waals surface area (Å²) < 4.78 is 5.32. The third-order valence-electron chi connectivity index (χ3n) is 3.02. The largest absolute Gasteiger partial charge is 0.396 e. The van der Waals surface area contributed by atoms with E-state index in [2.05, 4.69) is 11.0 Å². The van der Waals surface area contributed by atoms with Crippen molar-refractivity contribution >= 4 is 11.6 Å². The van der Waals surface area contributed by atoms with Gasteiger partial charge in [-0.2, -0.15) is 0 Å². The standard InChI is InChI=1S/C13H18ClNO2/c14-13-9-11(3-6-16)1-2-12(13)10-15-4-7-17-8-5-15/h1-2,9,16H,3-8,10H2. The van der Waals surface area contributed by atoms with E-state index in [1.165, 1.54) is 0 Å². The Balaban J connectivity index is 2.00. The number of aliphatic hydroxyl groups is 1. The molecule has 3 nitrogen and oxygen atoms in total. The van der Waals surface area contributed by atoms with Crippen LogP contribution in [0.3, 0.4) is 0 Å². The van der Waals surface area contributed by atoms with Crippen molar-refractivity contribution in [2.45, 2.75) is 13.0 Å². The Bertz CT molecular complexity index is 364. The number of ether oxygens (including phenoxy) is 1. The SMILES string of the molecule is OCCc1ccc(CN2CCOCC2)c(Cl)c1. The highest BCUT2D eigenvalue weighted by Gasteiger charge is 2.12. The first-order valence-electron chi connectivity index (χ1n) is 5.98. The molecule has 1 aliphatic rings. The van der Waals surface area contributed by atoms with Crippen molar-refractivity contribution in [2.75, 3.05) is 32.9 Å². The third kappa shape index (κ3) is 3.68. The number of hydrogen-bond acceptors (Lipinski definition) is 3. The van der Waals surface area contributed by atoms with Gasteiger partial charge in [0.25, 0.3) is 0 Å². The molecule has 1 aromatic carbocycles. The molecule has 0 saturated carbocycles. The molecule has 0 unspecified atom stereocenters. The van der Waals surface area contributed by atoms with Gasteiger partial charge in [-0.25, -0.2) is 0 Å². The van der Waals surface area contributed by atoms with Gasteiger partial charge in [-0.1, -0.05) is 23.7 Å². The lowest BCUT2D eigenvalue weighted by Gasteiger charge is -2.27. The molecule has 1 heterocycles. The van der Waals surface area contributed by atoms with Crippen molar-refractivity contribution in [3.63, 3.8) is 0 Å². The zero-order chi connectivity index (χ0) is 12.1. The lowest BCUT2D eigenvalue weighted by molar-refractivity contribution is 0.0342. The number of nitrogens with zero attached hydrogens (tertiary/aromatic N) is 1. The summed E-state index contributed by atoms with van der Waals surface area (Å²) in [6, 6.07) is 6.05. The first-order chi connectivity index (χ1) is 8.29. The van der Waals surface area contributed by atoms with Crippen molar-refractivity contribution < 1.29 is 9.84 Å². The van der Waals surface area contributed by atoms with Gasteiger partial charge >= 0.3 is 0 Å². The van der Waals surface area contributed by atoms with Crippen LogP contribution in [0.2, 0.25) is 5.02 Å². The van der Waals surface area contributed by atoms with Crippen LogP contribution in [-0.4, -0.2) is 42.9 Å². The first-order valence-corrected chi connectivity index (χ1v) is 6.35. The molecule has 4 heteroatoms. The molecule has 0 atom stereocenters. The molecular formula is C13H18ClNO2. The maximum Gasteiger partial charge on any atom is 0.0594 e. The van der Waals surface area contributed by atoms with Crippen LogP contribution < -0.4 is 0 Å². The van der Waals surface area contributed by atoms with Crippen LogP contribution in [0, 0.1) is 0 Å². The zero-order valence-corrected chi connectivity index (χ0v) is 10.6. The number of morpholine rings is 1. The van der Waals surface area contributed by atoms with E-state index in [-0.39, 0.29) is 6.61 Å². The van der Waals surface area contributed by atoms with Crippen LogP contribution in [0.25, 0.3) is 0 Å². The second kappa shape index (κ2) is 6.36. The molecule has 2 rings (SSSR count). The van der Waals surface area contributed by atoms with Gasteiger partial charge in [0.15, 0.2) is 0 Å². The van der Waals surface area contributed by atoms with Crippen LogP contribution in [0.1, 0.15) is 11.1 Å². The Hall–Kier alpha value is -0.610. The highest BCUT2D eigenvalue weighted by atomic mass is 35.5. The van der Waals surface area contributed by atoms with Crippen molar-refractivity contribution in [3.8, 4) is 0 Å². The van der Waals surface area contributed by atoms with Gasteiger partial charge in [0.05, 0.1) is 13.2 Å². The molecule has 1 aromatic rings. The maximum absolute atomic E-state index is 8.88. The fourth-order valence-electron chi connectivity index (χ4n) is 2.00. The molecule has 1 saturated heterocycles. The third-order valence-corrected chi connectivity index (χ3v) is 3.37.